The van der Waals surface area contributed by atoms with Gasteiger partial charge in [0.25, 0.3) is 0 Å². The van der Waals surface area contributed by atoms with E-state index in [1.54, 1.807) is 24.3 Å². The third-order valence-electron chi connectivity index (χ3n) is 2.01. The summed E-state index contributed by atoms with van der Waals surface area (Å²) in [5.74, 6) is -1.70. The number of aryl methyl sites for hydroxylation is 1. The first kappa shape index (κ1) is 11.2. The van der Waals surface area contributed by atoms with Crippen LogP contribution in [0, 0.1) is 0 Å². The third kappa shape index (κ3) is 4.26. The molecule has 0 aliphatic heterocycles. The number of benzene rings is 1. The fraction of sp³-hybridized carbons (Fsp3) is 0.273. The lowest BCUT2D eigenvalue weighted by atomic mass is 10.1. The fourth-order valence-electron chi connectivity index (χ4n) is 1.25. The molecule has 0 atom stereocenters. The summed E-state index contributed by atoms with van der Waals surface area (Å²) in [5, 5.41) is 17.0. The van der Waals surface area contributed by atoms with Crippen LogP contribution < -0.4 is 0 Å². The molecule has 80 valence electrons. The quantitative estimate of drug-likeness (QED) is 0.765. The molecule has 0 fully saturated rings. The van der Waals surface area contributed by atoms with Crippen molar-refractivity contribution < 1.29 is 19.8 Å². The SMILES string of the molecule is O=C(O)CCc1ccc(CC(=O)O)cc1. The zero-order valence-corrected chi connectivity index (χ0v) is 8.14. The van der Waals surface area contributed by atoms with E-state index in [4.69, 9.17) is 10.2 Å². The molecule has 0 aromatic heterocycles. The first-order valence-corrected chi connectivity index (χ1v) is 4.59. The van der Waals surface area contributed by atoms with Crippen LogP contribution in [0.25, 0.3) is 0 Å². The Kier molecular flexibility index (Phi) is 3.85. The van der Waals surface area contributed by atoms with Crippen LogP contribution in [0.4, 0.5) is 0 Å². The lowest BCUT2D eigenvalue weighted by Gasteiger charge is -2.00. The Bertz CT molecular complexity index is 353. The first-order chi connectivity index (χ1) is 7.08. The van der Waals surface area contributed by atoms with Gasteiger partial charge in [0.1, 0.15) is 0 Å². The van der Waals surface area contributed by atoms with Crippen LogP contribution >= 0.6 is 0 Å². The van der Waals surface area contributed by atoms with Gasteiger partial charge in [0.2, 0.25) is 0 Å². The van der Waals surface area contributed by atoms with Crippen LogP contribution in [-0.2, 0) is 22.4 Å². The van der Waals surface area contributed by atoms with Gasteiger partial charge >= 0.3 is 11.9 Å². The van der Waals surface area contributed by atoms with E-state index in [2.05, 4.69) is 0 Å². The molecule has 15 heavy (non-hydrogen) atoms. The van der Waals surface area contributed by atoms with Crippen molar-refractivity contribution in [2.24, 2.45) is 0 Å². The highest BCUT2D eigenvalue weighted by Gasteiger charge is 2.01. The molecule has 0 aliphatic rings. The van der Waals surface area contributed by atoms with Gasteiger partial charge in [-0.1, -0.05) is 24.3 Å². The Balaban J connectivity index is 2.56. The molecule has 0 amide bonds. The van der Waals surface area contributed by atoms with Gasteiger partial charge in [0.15, 0.2) is 0 Å². The molecule has 0 radical (unpaired) electrons. The van der Waals surface area contributed by atoms with Crippen LogP contribution in [0.1, 0.15) is 17.5 Å². The standard InChI is InChI=1S/C11H12O4/c12-10(13)6-5-8-1-3-9(4-2-8)7-11(14)15/h1-4H,5-7H2,(H,12,13)(H,14,15). The predicted molar refractivity (Wildman–Crippen MR) is 53.7 cm³/mol. The van der Waals surface area contributed by atoms with Gasteiger partial charge in [-0.25, -0.2) is 0 Å². The molecule has 0 aliphatic carbocycles. The number of carbonyl (C=O) groups is 2. The van der Waals surface area contributed by atoms with Crippen molar-refractivity contribution in [1.82, 2.24) is 0 Å². The first-order valence-electron chi connectivity index (χ1n) is 4.59. The second kappa shape index (κ2) is 5.14. The molecule has 4 nitrogen and oxygen atoms in total. The number of hydrogen-bond acceptors (Lipinski definition) is 2. The van der Waals surface area contributed by atoms with Crippen LogP contribution in [0.5, 0.6) is 0 Å². The second-order valence-corrected chi connectivity index (χ2v) is 3.28. The van der Waals surface area contributed by atoms with E-state index in [9.17, 15) is 9.59 Å². The smallest absolute Gasteiger partial charge is 0.307 e. The Morgan fingerprint density at radius 1 is 0.933 bits per heavy atom. The van der Waals surface area contributed by atoms with Gasteiger partial charge < -0.3 is 10.2 Å². The predicted octanol–water partition coefficient (Wildman–Crippen LogP) is 1.33. The number of carboxylic acid groups (broad SMARTS) is 2. The Morgan fingerprint density at radius 3 is 1.93 bits per heavy atom. The largest absolute Gasteiger partial charge is 0.481 e. The van der Waals surface area contributed by atoms with E-state index in [0.717, 1.165) is 11.1 Å². The summed E-state index contributed by atoms with van der Waals surface area (Å²) in [6.45, 7) is 0. The molecule has 0 spiro atoms. The molecule has 2 N–H and O–H groups in total. The Morgan fingerprint density at radius 2 is 1.47 bits per heavy atom. The Labute approximate surface area is 87.2 Å². The van der Waals surface area contributed by atoms with E-state index in [1.165, 1.54) is 0 Å². The molecule has 1 aromatic rings. The zero-order valence-electron chi connectivity index (χ0n) is 8.14. The van der Waals surface area contributed by atoms with Crippen molar-refractivity contribution in [3.8, 4) is 0 Å². The lowest BCUT2D eigenvalue weighted by molar-refractivity contribution is -0.137. The molecule has 0 saturated heterocycles. The fourth-order valence-corrected chi connectivity index (χ4v) is 1.25. The van der Waals surface area contributed by atoms with E-state index in [0.29, 0.717) is 6.42 Å². The Hall–Kier alpha value is -1.84. The van der Waals surface area contributed by atoms with Crippen molar-refractivity contribution >= 4 is 11.9 Å². The average Bonchev–Trinajstić information content (AvgIpc) is 2.16. The highest BCUT2D eigenvalue weighted by Crippen LogP contribution is 2.07. The minimum Gasteiger partial charge on any atom is -0.481 e. The molecule has 0 bridgehead atoms. The summed E-state index contributed by atoms with van der Waals surface area (Å²) in [5.41, 5.74) is 1.63. The number of hydrogen-bond donors (Lipinski definition) is 2. The molecule has 4 heteroatoms. The molecule has 0 heterocycles. The maximum atomic E-state index is 10.4. The third-order valence-corrected chi connectivity index (χ3v) is 2.01. The molecule has 0 saturated carbocycles. The van der Waals surface area contributed by atoms with Crippen LogP contribution in [0.3, 0.4) is 0 Å². The van der Waals surface area contributed by atoms with Gasteiger partial charge in [0.05, 0.1) is 6.42 Å². The van der Waals surface area contributed by atoms with Crippen LogP contribution in [0.2, 0.25) is 0 Å². The molecular formula is C11H12O4. The minimum absolute atomic E-state index is 0.000783. The topological polar surface area (TPSA) is 74.6 Å². The molecule has 1 rings (SSSR count). The monoisotopic (exact) mass is 208 g/mol. The molecule has 1 aromatic carbocycles. The summed E-state index contributed by atoms with van der Waals surface area (Å²) in [6.07, 6.45) is 0.570. The van der Waals surface area contributed by atoms with Crippen molar-refractivity contribution in [2.75, 3.05) is 0 Å². The van der Waals surface area contributed by atoms with Gasteiger partial charge in [0, 0.05) is 6.42 Å². The van der Waals surface area contributed by atoms with Crippen molar-refractivity contribution in [2.45, 2.75) is 19.3 Å². The maximum absolute atomic E-state index is 10.4. The number of rotatable bonds is 5. The van der Waals surface area contributed by atoms with Crippen LogP contribution in [0.15, 0.2) is 24.3 Å². The zero-order chi connectivity index (χ0) is 11.3. The number of aliphatic carboxylic acids is 2. The highest BCUT2D eigenvalue weighted by atomic mass is 16.4. The number of carboxylic acids is 2. The normalized spacial score (nSPS) is 9.87. The van der Waals surface area contributed by atoms with Crippen molar-refractivity contribution in [3.63, 3.8) is 0 Å². The minimum atomic E-state index is -0.867. The van der Waals surface area contributed by atoms with E-state index >= 15 is 0 Å². The molecule has 0 unspecified atom stereocenters. The van der Waals surface area contributed by atoms with Gasteiger partial charge in [-0.3, -0.25) is 9.59 Å². The van der Waals surface area contributed by atoms with Crippen LogP contribution in [-0.4, -0.2) is 22.2 Å². The maximum Gasteiger partial charge on any atom is 0.307 e. The van der Waals surface area contributed by atoms with Gasteiger partial charge in [-0.05, 0) is 17.5 Å². The lowest BCUT2D eigenvalue weighted by Crippen LogP contribution is -2.00. The summed E-state index contributed by atoms with van der Waals surface area (Å²) < 4.78 is 0. The van der Waals surface area contributed by atoms with Gasteiger partial charge in [-0.2, -0.15) is 0 Å². The van der Waals surface area contributed by atoms with Gasteiger partial charge in [-0.15, -0.1) is 0 Å². The van der Waals surface area contributed by atoms with Crippen molar-refractivity contribution in [1.29, 1.82) is 0 Å². The summed E-state index contributed by atoms with van der Waals surface area (Å²) >= 11 is 0. The average molecular weight is 208 g/mol. The molecular weight excluding hydrogens is 196 g/mol. The highest BCUT2D eigenvalue weighted by molar-refractivity contribution is 5.70. The summed E-state index contributed by atoms with van der Waals surface area (Å²) in [6, 6.07) is 6.96. The van der Waals surface area contributed by atoms with Crippen molar-refractivity contribution in [3.05, 3.63) is 35.4 Å². The summed E-state index contributed by atoms with van der Waals surface area (Å²) in [4.78, 5) is 20.7. The van der Waals surface area contributed by atoms with E-state index in [1.807, 2.05) is 0 Å². The van der Waals surface area contributed by atoms with E-state index < -0.39 is 11.9 Å². The second-order valence-electron chi connectivity index (χ2n) is 3.28. The summed E-state index contributed by atoms with van der Waals surface area (Å²) in [7, 11) is 0. The van der Waals surface area contributed by atoms with E-state index in [-0.39, 0.29) is 12.8 Å².